The molecule has 19 heavy (non-hydrogen) atoms. The summed E-state index contributed by atoms with van der Waals surface area (Å²) in [4.78, 5) is 19.7. The first-order valence-electron chi connectivity index (χ1n) is 6.68. The van der Waals surface area contributed by atoms with Gasteiger partial charge in [-0.2, -0.15) is 0 Å². The van der Waals surface area contributed by atoms with Gasteiger partial charge in [-0.15, -0.1) is 0 Å². The second kappa shape index (κ2) is 5.13. The molecule has 2 heterocycles. The summed E-state index contributed by atoms with van der Waals surface area (Å²) in [5.74, 6) is -0.158. The second-order valence-corrected chi connectivity index (χ2v) is 5.13. The highest BCUT2D eigenvalue weighted by Gasteiger charge is 2.27. The number of ether oxygens (including phenoxy) is 1. The average molecular weight is 263 g/mol. The molecule has 1 unspecified atom stereocenters. The fraction of sp³-hybridized carbons (Fsp3) is 0.615. The van der Waals surface area contributed by atoms with E-state index in [2.05, 4.69) is 15.3 Å². The number of anilines is 1. The lowest BCUT2D eigenvalue weighted by atomic mass is 9.81. The minimum atomic E-state index is -0.947. The number of carboxylic acid groups (broad SMARTS) is 1. The SMILES string of the molecule is O=C(O)c1cnc(NC2CCOC2)nc1C1CCC1. The smallest absolute Gasteiger partial charge is 0.339 e. The Morgan fingerprint density at radius 1 is 1.42 bits per heavy atom. The third-order valence-electron chi connectivity index (χ3n) is 3.80. The van der Waals surface area contributed by atoms with Crippen molar-refractivity contribution in [3.63, 3.8) is 0 Å². The van der Waals surface area contributed by atoms with Crippen molar-refractivity contribution in [2.45, 2.75) is 37.6 Å². The maximum atomic E-state index is 11.2. The summed E-state index contributed by atoms with van der Waals surface area (Å²) in [7, 11) is 0. The summed E-state index contributed by atoms with van der Waals surface area (Å²) in [5.41, 5.74) is 0.910. The lowest BCUT2D eigenvalue weighted by molar-refractivity contribution is 0.0693. The Morgan fingerprint density at radius 3 is 2.84 bits per heavy atom. The predicted octanol–water partition coefficient (Wildman–Crippen LogP) is 1.64. The Hall–Kier alpha value is -1.69. The highest BCUT2D eigenvalue weighted by molar-refractivity contribution is 5.88. The first-order chi connectivity index (χ1) is 9.24. The van der Waals surface area contributed by atoms with Crippen LogP contribution in [0.25, 0.3) is 0 Å². The van der Waals surface area contributed by atoms with E-state index in [0.717, 1.165) is 32.3 Å². The minimum Gasteiger partial charge on any atom is -0.478 e. The van der Waals surface area contributed by atoms with E-state index in [1.54, 1.807) is 0 Å². The molecule has 6 heteroatoms. The quantitative estimate of drug-likeness (QED) is 0.859. The Labute approximate surface area is 111 Å². The van der Waals surface area contributed by atoms with Crippen molar-refractivity contribution in [1.29, 1.82) is 0 Å². The number of aromatic carboxylic acids is 1. The van der Waals surface area contributed by atoms with Crippen molar-refractivity contribution < 1.29 is 14.6 Å². The first kappa shape index (κ1) is 12.3. The predicted molar refractivity (Wildman–Crippen MR) is 68.4 cm³/mol. The van der Waals surface area contributed by atoms with E-state index in [1.165, 1.54) is 6.20 Å². The van der Waals surface area contributed by atoms with Gasteiger partial charge in [-0.25, -0.2) is 14.8 Å². The van der Waals surface area contributed by atoms with Crippen molar-refractivity contribution in [2.24, 2.45) is 0 Å². The molecule has 0 bridgehead atoms. The van der Waals surface area contributed by atoms with Gasteiger partial charge in [0.2, 0.25) is 5.95 Å². The molecule has 1 aliphatic heterocycles. The van der Waals surface area contributed by atoms with Gasteiger partial charge in [0.25, 0.3) is 0 Å². The molecule has 0 radical (unpaired) electrons. The number of hydrogen-bond donors (Lipinski definition) is 2. The molecule has 0 aromatic carbocycles. The van der Waals surface area contributed by atoms with E-state index in [-0.39, 0.29) is 17.5 Å². The molecule has 2 N–H and O–H groups in total. The van der Waals surface area contributed by atoms with Crippen LogP contribution in [0.1, 0.15) is 47.7 Å². The molecule has 2 fully saturated rings. The van der Waals surface area contributed by atoms with Gasteiger partial charge in [-0.3, -0.25) is 0 Å². The number of carbonyl (C=O) groups is 1. The topological polar surface area (TPSA) is 84.3 Å². The fourth-order valence-corrected chi connectivity index (χ4v) is 2.45. The largest absolute Gasteiger partial charge is 0.478 e. The summed E-state index contributed by atoms with van der Waals surface area (Å²) in [6.45, 7) is 1.41. The lowest BCUT2D eigenvalue weighted by Gasteiger charge is -2.26. The van der Waals surface area contributed by atoms with Crippen LogP contribution >= 0.6 is 0 Å². The molecule has 6 nitrogen and oxygen atoms in total. The van der Waals surface area contributed by atoms with Gasteiger partial charge in [-0.1, -0.05) is 6.42 Å². The number of carboxylic acids is 1. The minimum absolute atomic E-state index is 0.227. The molecule has 3 rings (SSSR count). The van der Waals surface area contributed by atoms with Crippen LogP contribution in [0.15, 0.2) is 6.20 Å². The maximum absolute atomic E-state index is 11.2. The third kappa shape index (κ3) is 2.53. The highest BCUT2D eigenvalue weighted by atomic mass is 16.5. The normalized spacial score (nSPS) is 23.1. The fourth-order valence-electron chi connectivity index (χ4n) is 2.45. The molecule has 1 saturated carbocycles. The van der Waals surface area contributed by atoms with Crippen LogP contribution in [0.2, 0.25) is 0 Å². The van der Waals surface area contributed by atoms with E-state index in [4.69, 9.17) is 4.74 Å². The van der Waals surface area contributed by atoms with E-state index < -0.39 is 5.97 Å². The van der Waals surface area contributed by atoms with Gasteiger partial charge in [0.1, 0.15) is 0 Å². The van der Waals surface area contributed by atoms with Gasteiger partial charge in [-0.05, 0) is 19.3 Å². The second-order valence-electron chi connectivity index (χ2n) is 5.13. The van der Waals surface area contributed by atoms with Crippen molar-refractivity contribution >= 4 is 11.9 Å². The van der Waals surface area contributed by atoms with Crippen LogP contribution in [-0.2, 0) is 4.74 Å². The number of nitrogens with zero attached hydrogens (tertiary/aromatic N) is 2. The standard InChI is InChI=1S/C13H17N3O3/c17-12(18)10-6-14-13(15-9-4-5-19-7-9)16-11(10)8-2-1-3-8/h6,8-9H,1-5,7H2,(H,17,18)(H,14,15,16). The van der Waals surface area contributed by atoms with Crippen molar-refractivity contribution in [2.75, 3.05) is 18.5 Å². The van der Waals surface area contributed by atoms with Crippen LogP contribution < -0.4 is 5.32 Å². The first-order valence-corrected chi connectivity index (χ1v) is 6.68. The van der Waals surface area contributed by atoms with Gasteiger partial charge in [0, 0.05) is 18.7 Å². The molecule has 0 spiro atoms. The molecule has 1 atom stereocenters. The van der Waals surface area contributed by atoms with Crippen molar-refractivity contribution in [3.05, 3.63) is 17.5 Å². The molecule has 0 amide bonds. The van der Waals surface area contributed by atoms with E-state index in [0.29, 0.717) is 18.2 Å². The molecule has 102 valence electrons. The third-order valence-corrected chi connectivity index (χ3v) is 3.80. The number of rotatable bonds is 4. The van der Waals surface area contributed by atoms with Gasteiger partial charge in [0.05, 0.1) is 23.9 Å². The Balaban J connectivity index is 1.83. The zero-order chi connectivity index (χ0) is 13.2. The molecule has 2 aliphatic rings. The highest BCUT2D eigenvalue weighted by Crippen LogP contribution is 2.37. The average Bonchev–Trinajstić information content (AvgIpc) is 2.79. The van der Waals surface area contributed by atoms with Crippen LogP contribution in [0, 0.1) is 0 Å². The molecule has 1 saturated heterocycles. The maximum Gasteiger partial charge on any atom is 0.339 e. The Kier molecular flexibility index (Phi) is 3.33. The van der Waals surface area contributed by atoms with Gasteiger partial charge < -0.3 is 15.2 Å². The van der Waals surface area contributed by atoms with Crippen molar-refractivity contribution in [3.8, 4) is 0 Å². The Bertz CT molecular complexity index is 482. The molecular formula is C13H17N3O3. The summed E-state index contributed by atoms with van der Waals surface area (Å²) in [6.07, 6.45) is 5.53. The molecular weight excluding hydrogens is 246 g/mol. The molecule has 1 aliphatic carbocycles. The van der Waals surface area contributed by atoms with Gasteiger partial charge >= 0.3 is 5.97 Å². The summed E-state index contributed by atoms with van der Waals surface area (Å²) >= 11 is 0. The monoisotopic (exact) mass is 263 g/mol. The molecule has 1 aromatic rings. The molecule has 1 aromatic heterocycles. The van der Waals surface area contributed by atoms with E-state index in [1.807, 2.05) is 0 Å². The summed E-state index contributed by atoms with van der Waals surface area (Å²) in [5, 5.41) is 12.4. The Morgan fingerprint density at radius 2 is 2.26 bits per heavy atom. The summed E-state index contributed by atoms with van der Waals surface area (Å²) in [6, 6.07) is 0.227. The van der Waals surface area contributed by atoms with Crippen LogP contribution in [0.5, 0.6) is 0 Å². The van der Waals surface area contributed by atoms with Crippen molar-refractivity contribution in [1.82, 2.24) is 9.97 Å². The van der Waals surface area contributed by atoms with E-state index in [9.17, 15) is 9.90 Å². The van der Waals surface area contributed by atoms with Crippen LogP contribution in [0.4, 0.5) is 5.95 Å². The number of hydrogen-bond acceptors (Lipinski definition) is 5. The van der Waals surface area contributed by atoms with Gasteiger partial charge in [0.15, 0.2) is 0 Å². The summed E-state index contributed by atoms with van der Waals surface area (Å²) < 4.78 is 5.29. The zero-order valence-corrected chi connectivity index (χ0v) is 10.6. The van der Waals surface area contributed by atoms with E-state index >= 15 is 0 Å². The number of aromatic nitrogens is 2. The number of nitrogens with one attached hydrogen (secondary N) is 1. The zero-order valence-electron chi connectivity index (χ0n) is 10.6. The lowest BCUT2D eigenvalue weighted by Crippen LogP contribution is -2.23. The van der Waals surface area contributed by atoms with Crippen LogP contribution in [0.3, 0.4) is 0 Å². The van der Waals surface area contributed by atoms with Crippen LogP contribution in [-0.4, -0.2) is 40.3 Å².